The third-order valence-corrected chi connectivity index (χ3v) is 3.43. The molecule has 2 N–H and O–H groups in total. The van der Waals surface area contributed by atoms with E-state index in [-0.39, 0.29) is 6.04 Å². The van der Waals surface area contributed by atoms with E-state index in [1.165, 1.54) is 18.5 Å². The van der Waals surface area contributed by atoms with Gasteiger partial charge in [0.25, 0.3) is 0 Å². The largest absolute Gasteiger partial charge is 0.324 e. The number of benzene rings is 1. The summed E-state index contributed by atoms with van der Waals surface area (Å²) in [5, 5.41) is 0. The Morgan fingerprint density at radius 2 is 1.58 bits per heavy atom. The van der Waals surface area contributed by atoms with Crippen molar-refractivity contribution in [2.75, 3.05) is 40.8 Å². The third-order valence-electron chi connectivity index (χ3n) is 3.43. The zero-order chi connectivity index (χ0) is 14.1. The normalized spacial score (nSPS) is 13.2. The molecular formula is C16H29N3. The van der Waals surface area contributed by atoms with Crippen molar-refractivity contribution in [1.29, 1.82) is 0 Å². The highest BCUT2D eigenvalue weighted by Crippen LogP contribution is 2.15. The van der Waals surface area contributed by atoms with E-state index in [9.17, 15) is 0 Å². The van der Waals surface area contributed by atoms with E-state index in [0.29, 0.717) is 0 Å². The maximum Gasteiger partial charge on any atom is 0.0295 e. The van der Waals surface area contributed by atoms with Gasteiger partial charge < -0.3 is 15.5 Å². The van der Waals surface area contributed by atoms with Crippen molar-refractivity contribution >= 4 is 0 Å². The van der Waals surface area contributed by atoms with E-state index in [4.69, 9.17) is 5.73 Å². The van der Waals surface area contributed by atoms with E-state index in [0.717, 1.165) is 25.9 Å². The van der Waals surface area contributed by atoms with Crippen LogP contribution in [0.2, 0.25) is 0 Å². The molecule has 3 nitrogen and oxygen atoms in total. The molecular weight excluding hydrogens is 234 g/mol. The molecule has 0 aliphatic rings. The Hall–Kier alpha value is -0.900. The fourth-order valence-electron chi connectivity index (χ4n) is 2.22. The predicted molar refractivity (Wildman–Crippen MR) is 83.3 cm³/mol. The van der Waals surface area contributed by atoms with E-state index < -0.39 is 0 Å². The highest BCUT2D eigenvalue weighted by Gasteiger charge is 2.06. The summed E-state index contributed by atoms with van der Waals surface area (Å²) in [7, 11) is 6.45. The van der Waals surface area contributed by atoms with Gasteiger partial charge in [0, 0.05) is 6.04 Å². The topological polar surface area (TPSA) is 32.5 Å². The van der Waals surface area contributed by atoms with Crippen molar-refractivity contribution in [2.24, 2.45) is 5.73 Å². The number of nitrogens with zero attached hydrogens (tertiary/aromatic N) is 2. The van der Waals surface area contributed by atoms with Crippen molar-refractivity contribution in [3.8, 4) is 0 Å². The maximum absolute atomic E-state index is 6.20. The SMILES string of the molecule is CN(C)CCCN(C)CCCC(N)c1ccccc1. The molecule has 1 rings (SSSR count). The summed E-state index contributed by atoms with van der Waals surface area (Å²) in [5.74, 6) is 0. The molecule has 0 fully saturated rings. The molecule has 0 heterocycles. The minimum absolute atomic E-state index is 0.177. The Morgan fingerprint density at radius 3 is 2.21 bits per heavy atom. The van der Waals surface area contributed by atoms with Crippen LogP contribution in [0.1, 0.15) is 30.9 Å². The average molecular weight is 263 g/mol. The lowest BCUT2D eigenvalue weighted by atomic mass is 10.0. The Bertz CT molecular complexity index is 324. The molecule has 1 atom stereocenters. The Morgan fingerprint density at radius 1 is 0.947 bits per heavy atom. The van der Waals surface area contributed by atoms with E-state index >= 15 is 0 Å². The van der Waals surface area contributed by atoms with Gasteiger partial charge in [0.15, 0.2) is 0 Å². The second kappa shape index (κ2) is 9.08. The molecule has 0 aromatic heterocycles. The molecule has 1 unspecified atom stereocenters. The van der Waals surface area contributed by atoms with Crippen LogP contribution in [0, 0.1) is 0 Å². The summed E-state index contributed by atoms with van der Waals surface area (Å²) in [5.41, 5.74) is 7.44. The van der Waals surface area contributed by atoms with Gasteiger partial charge >= 0.3 is 0 Å². The van der Waals surface area contributed by atoms with Crippen molar-refractivity contribution in [3.63, 3.8) is 0 Å². The second-order valence-electron chi connectivity index (χ2n) is 5.62. The highest BCUT2D eigenvalue weighted by atomic mass is 15.1. The quantitative estimate of drug-likeness (QED) is 0.742. The fraction of sp³-hybridized carbons (Fsp3) is 0.625. The summed E-state index contributed by atoms with van der Waals surface area (Å²) < 4.78 is 0. The molecule has 0 saturated carbocycles. The number of hydrogen-bond donors (Lipinski definition) is 1. The molecule has 108 valence electrons. The Kier molecular flexibility index (Phi) is 7.72. The summed E-state index contributed by atoms with van der Waals surface area (Å²) >= 11 is 0. The van der Waals surface area contributed by atoms with E-state index in [1.54, 1.807) is 0 Å². The van der Waals surface area contributed by atoms with Crippen molar-refractivity contribution in [1.82, 2.24) is 9.80 Å². The van der Waals surface area contributed by atoms with Crippen LogP contribution in [0.3, 0.4) is 0 Å². The van der Waals surface area contributed by atoms with Crippen LogP contribution >= 0.6 is 0 Å². The molecule has 0 aliphatic carbocycles. The molecule has 3 heteroatoms. The molecule has 19 heavy (non-hydrogen) atoms. The number of rotatable bonds is 9. The van der Waals surface area contributed by atoms with Crippen molar-refractivity contribution in [3.05, 3.63) is 35.9 Å². The van der Waals surface area contributed by atoms with Gasteiger partial charge in [-0.3, -0.25) is 0 Å². The molecule has 0 amide bonds. The van der Waals surface area contributed by atoms with E-state index in [1.807, 2.05) is 6.07 Å². The standard InChI is InChI=1S/C16H29N3/c1-18(2)12-8-14-19(3)13-7-11-16(17)15-9-5-4-6-10-15/h4-6,9-10,16H,7-8,11-14,17H2,1-3H3. The van der Waals surface area contributed by atoms with Crippen LogP contribution < -0.4 is 5.73 Å². The first-order chi connectivity index (χ1) is 9.09. The highest BCUT2D eigenvalue weighted by molar-refractivity contribution is 5.18. The first-order valence-corrected chi connectivity index (χ1v) is 7.23. The first kappa shape index (κ1) is 16.2. The monoisotopic (exact) mass is 263 g/mol. The lowest BCUT2D eigenvalue weighted by molar-refractivity contribution is 0.293. The lowest BCUT2D eigenvalue weighted by Gasteiger charge is -2.19. The van der Waals surface area contributed by atoms with Gasteiger partial charge in [0.05, 0.1) is 0 Å². The lowest BCUT2D eigenvalue weighted by Crippen LogP contribution is -2.25. The smallest absolute Gasteiger partial charge is 0.0295 e. The zero-order valence-electron chi connectivity index (χ0n) is 12.7. The van der Waals surface area contributed by atoms with Gasteiger partial charge in [-0.05, 0) is 65.6 Å². The maximum atomic E-state index is 6.20. The van der Waals surface area contributed by atoms with Gasteiger partial charge in [-0.1, -0.05) is 30.3 Å². The number of hydrogen-bond acceptors (Lipinski definition) is 3. The Balaban J connectivity index is 2.12. The Labute approximate surface area is 118 Å². The van der Waals surface area contributed by atoms with Crippen LogP contribution in [-0.2, 0) is 0 Å². The van der Waals surface area contributed by atoms with Gasteiger partial charge in [0.1, 0.15) is 0 Å². The van der Waals surface area contributed by atoms with Gasteiger partial charge in [-0.2, -0.15) is 0 Å². The van der Waals surface area contributed by atoms with Crippen LogP contribution in [0.15, 0.2) is 30.3 Å². The van der Waals surface area contributed by atoms with Crippen molar-refractivity contribution in [2.45, 2.75) is 25.3 Å². The minimum Gasteiger partial charge on any atom is -0.324 e. The van der Waals surface area contributed by atoms with E-state index in [2.05, 4.69) is 55.2 Å². The third kappa shape index (κ3) is 7.31. The molecule has 1 aromatic rings. The molecule has 0 saturated heterocycles. The van der Waals surface area contributed by atoms with Crippen LogP contribution in [0.4, 0.5) is 0 Å². The van der Waals surface area contributed by atoms with Crippen molar-refractivity contribution < 1.29 is 0 Å². The first-order valence-electron chi connectivity index (χ1n) is 7.23. The summed E-state index contributed by atoms with van der Waals surface area (Å²) in [6, 6.07) is 10.6. The molecule has 0 aliphatic heterocycles. The zero-order valence-corrected chi connectivity index (χ0v) is 12.7. The minimum atomic E-state index is 0.177. The van der Waals surface area contributed by atoms with Crippen LogP contribution in [0.25, 0.3) is 0 Å². The summed E-state index contributed by atoms with van der Waals surface area (Å²) in [6.45, 7) is 3.46. The molecule has 0 spiro atoms. The molecule has 0 radical (unpaired) electrons. The molecule has 0 bridgehead atoms. The van der Waals surface area contributed by atoms with Crippen LogP contribution in [0.5, 0.6) is 0 Å². The molecule has 1 aromatic carbocycles. The van der Waals surface area contributed by atoms with Gasteiger partial charge in [-0.25, -0.2) is 0 Å². The summed E-state index contributed by atoms with van der Waals surface area (Å²) in [4.78, 5) is 4.64. The second-order valence-corrected chi connectivity index (χ2v) is 5.62. The summed E-state index contributed by atoms with van der Waals surface area (Å²) in [6.07, 6.45) is 3.45. The van der Waals surface area contributed by atoms with Gasteiger partial charge in [0.2, 0.25) is 0 Å². The van der Waals surface area contributed by atoms with Crippen LogP contribution in [-0.4, -0.2) is 50.6 Å². The number of nitrogens with two attached hydrogens (primary N) is 1. The predicted octanol–water partition coefficient (Wildman–Crippen LogP) is 2.35. The fourth-order valence-corrected chi connectivity index (χ4v) is 2.22. The average Bonchev–Trinajstić information content (AvgIpc) is 2.39. The van der Waals surface area contributed by atoms with Gasteiger partial charge in [-0.15, -0.1) is 0 Å².